The van der Waals surface area contributed by atoms with Crippen LogP contribution in [0.1, 0.15) is 129 Å². The van der Waals surface area contributed by atoms with E-state index in [0.717, 1.165) is 6.42 Å². The fourth-order valence-electron chi connectivity index (χ4n) is 3.47. The van der Waals surface area contributed by atoms with E-state index in [4.69, 9.17) is 4.74 Å². The van der Waals surface area contributed by atoms with Crippen LogP contribution in [0.3, 0.4) is 0 Å². The molecule has 0 aliphatic rings. The summed E-state index contributed by atoms with van der Waals surface area (Å²) in [5.74, 6) is -0.231. The van der Waals surface area contributed by atoms with Gasteiger partial charge in [0.2, 0.25) is 0 Å². The number of allylic oxidation sites excluding steroid dienone is 3. The first-order chi connectivity index (χ1) is 13.8. The second-order valence-electron chi connectivity index (χ2n) is 8.06. The van der Waals surface area contributed by atoms with Crippen LogP contribution in [0.4, 0.5) is 0 Å². The fraction of sp³-hybridized carbons (Fsp3) is 0.808. The van der Waals surface area contributed by atoms with Crippen molar-refractivity contribution in [2.45, 2.75) is 129 Å². The molecule has 0 N–H and O–H groups in total. The van der Waals surface area contributed by atoms with Gasteiger partial charge in [0.1, 0.15) is 0 Å². The Morgan fingerprint density at radius 1 is 0.607 bits per heavy atom. The molecule has 0 aromatic carbocycles. The van der Waals surface area contributed by atoms with Gasteiger partial charge in [-0.15, -0.1) is 0 Å². The van der Waals surface area contributed by atoms with Crippen molar-refractivity contribution in [2.75, 3.05) is 6.61 Å². The minimum absolute atomic E-state index is 0.231. The molecule has 0 heterocycles. The maximum atomic E-state index is 11.4. The van der Waals surface area contributed by atoms with Crippen LogP contribution >= 0.6 is 0 Å². The van der Waals surface area contributed by atoms with E-state index in [0.29, 0.717) is 6.61 Å². The number of unbranched alkanes of at least 4 members (excludes halogenated alkanes) is 17. The van der Waals surface area contributed by atoms with Crippen molar-refractivity contribution >= 4 is 5.97 Å². The van der Waals surface area contributed by atoms with E-state index in [1.165, 1.54) is 115 Å². The normalized spacial score (nSPS) is 11.6. The minimum Gasteiger partial charge on any atom is -0.463 e. The summed E-state index contributed by atoms with van der Waals surface area (Å²) in [5.41, 5.74) is 0. The van der Waals surface area contributed by atoms with Crippen LogP contribution in [0.15, 0.2) is 24.3 Å². The molecule has 0 fully saturated rings. The zero-order chi connectivity index (χ0) is 20.5. The highest BCUT2D eigenvalue weighted by atomic mass is 16.5. The van der Waals surface area contributed by atoms with Gasteiger partial charge in [0.05, 0.1) is 6.61 Å². The summed E-state index contributed by atoms with van der Waals surface area (Å²) in [5, 5.41) is 0. The molecule has 0 unspecified atom stereocenters. The van der Waals surface area contributed by atoms with Crippen molar-refractivity contribution in [1.29, 1.82) is 0 Å². The van der Waals surface area contributed by atoms with Crippen LogP contribution in [0.25, 0.3) is 0 Å². The molecule has 0 rings (SSSR count). The van der Waals surface area contributed by atoms with Gasteiger partial charge < -0.3 is 4.74 Å². The quantitative estimate of drug-likeness (QED) is 0.0844. The third kappa shape index (κ3) is 23.0. The molecular formula is C26H48O2. The summed E-state index contributed by atoms with van der Waals surface area (Å²) < 4.78 is 5.16. The molecule has 0 aromatic heterocycles. The zero-order valence-corrected chi connectivity index (χ0v) is 19.1. The standard InChI is InChI=1S/C26H48O2/c1-3-5-7-8-9-10-11-12-13-14-15-16-17-18-19-20-21-23-25-28-26(27)24-22-6-4-2/h4,6,22,24H,3,5,7-21,23,25H2,1-2H3/b6-4+,24-22+. The zero-order valence-electron chi connectivity index (χ0n) is 19.1. The number of hydrogen-bond acceptors (Lipinski definition) is 2. The molecule has 0 amide bonds. The molecule has 0 saturated heterocycles. The second-order valence-corrected chi connectivity index (χ2v) is 8.06. The van der Waals surface area contributed by atoms with Crippen molar-refractivity contribution in [3.8, 4) is 0 Å². The van der Waals surface area contributed by atoms with Gasteiger partial charge in [0, 0.05) is 6.08 Å². The van der Waals surface area contributed by atoms with Crippen LogP contribution in [-0.2, 0) is 9.53 Å². The summed E-state index contributed by atoms with van der Waals surface area (Å²) in [6.07, 6.45) is 31.6. The van der Waals surface area contributed by atoms with E-state index < -0.39 is 0 Å². The van der Waals surface area contributed by atoms with Crippen molar-refractivity contribution in [3.63, 3.8) is 0 Å². The van der Waals surface area contributed by atoms with Crippen LogP contribution in [0.2, 0.25) is 0 Å². The molecule has 0 bridgehead atoms. The van der Waals surface area contributed by atoms with E-state index in [1.807, 2.05) is 19.1 Å². The summed E-state index contributed by atoms with van der Waals surface area (Å²) in [7, 11) is 0. The molecule has 28 heavy (non-hydrogen) atoms. The molecule has 0 radical (unpaired) electrons. The van der Waals surface area contributed by atoms with E-state index in [-0.39, 0.29) is 5.97 Å². The third-order valence-corrected chi connectivity index (χ3v) is 5.28. The Kier molecular flexibility index (Phi) is 23.1. The lowest BCUT2D eigenvalue weighted by molar-refractivity contribution is -0.137. The van der Waals surface area contributed by atoms with Crippen LogP contribution in [0, 0.1) is 0 Å². The topological polar surface area (TPSA) is 26.3 Å². The first-order valence-corrected chi connectivity index (χ1v) is 12.3. The van der Waals surface area contributed by atoms with Crippen LogP contribution in [0.5, 0.6) is 0 Å². The minimum atomic E-state index is -0.231. The largest absolute Gasteiger partial charge is 0.463 e. The number of ether oxygens (including phenoxy) is 1. The lowest BCUT2D eigenvalue weighted by atomic mass is 10.0. The van der Waals surface area contributed by atoms with Gasteiger partial charge in [0.15, 0.2) is 0 Å². The predicted molar refractivity (Wildman–Crippen MR) is 124 cm³/mol. The number of carbonyl (C=O) groups is 1. The Morgan fingerprint density at radius 2 is 1.00 bits per heavy atom. The molecule has 0 aliphatic heterocycles. The molecular weight excluding hydrogens is 344 g/mol. The smallest absolute Gasteiger partial charge is 0.330 e. The summed E-state index contributed by atoms with van der Waals surface area (Å²) in [6, 6.07) is 0. The molecule has 0 saturated carbocycles. The van der Waals surface area contributed by atoms with Gasteiger partial charge in [-0.2, -0.15) is 0 Å². The number of esters is 1. The third-order valence-electron chi connectivity index (χ3n) is 5.28. The first kappa shape index (κ1) is 27.0. The fourth-order valence-corrected chi connectivity index (χ4v) is 3.47. The van der Waals surface area contributed by atoms with Gasteiger partial charge in [0.25, 0.3) is 0 Å². The Labute approximate surface area is 176 Å². The number of carbonyl (C=O) groups excluding carboxylic acids is 1. The molecule has 0 spiro atoms. The monoisotopic (exact) mass is 392 g/mol. The van der Waals surface area contributed by atoms with Crippen molar-refractivity contribution in [3.05, 3.63) is 24.3 Å². The molecule has 0 aliphatic carbocycles. The molecule has 2 nitrogen and oxygen atoms in total. The Balaban J connectivity index is 3.11. The molecule has 2 heteroatoms. The van der Waals surface area contributed by atoms with Crippen molar-refractivity contribution < 1.29 is 9.53 Å². The van der Waals surface area contributed by atoms with Gasteiger partial charge in [-0.25, -0.2) is 4.79 Å². The Bertz CT molecular complexity index is 371. The lowest BCUT2D eigenvalue weighted by Crippen LogP contribution is -2.02. The highest BCUT2D eigenvalue weighted by molar-refractivity contribution is 5.82. The Morgan fingerprint density at radius 3 is 1.39 bits per heavy atom. The van der Waals surface area contributed by atoms with Gasteiger partial charge in [-0.3, -0.25) is 0 Å². The van der Waals surface area contributed by atoms with E-state index in [9.17, 15) is 4.79 Å². The van der Waals surface area contributed by atoms with E-state index in [2.05, 4.69) is 6.92 Å². The highest BCUT2D eigenvalue weighted by Gasteiger charge is 1.97. The summed E-state index contributed by atoms with van der Waals surface area (Å²) in [4.78, 5) is 11.4. The van der Waals surface area contributed by atoms with Crippen molar-refractivity contribution in [1.82, 2.24) is 0 Å². The van der Waals surface area contributed by atoms with E-state index in [1.54, 1.807) is 6.08 Å². The second kappa shape index (κ2) is 24.0. The number of rotatable bonds is 21. The Hall–Kier alpha value is -1.05. The molecule has 0 atom stereocenters. The maximum absolute atomic E-state index is 11.4. The lowest BCUT2D eigenvalue weighted by Gasteiger charge is -2.04. The average molecular weight is 393 g/mol. The molecule has 164 valence electrons. The molecule has 0 aromatic rings. The summed E-state index contributed by atoms with van der Waals surface area (Å²) >= 11 is 0. The number of hydrogen-bond donors (Lipinski definition) is 0. The van der Waals surface area contributed by atoms with Crippen molar-refractivity contribution in [2.24, 2.45) is 0 Å². The van der Waals surface area contributed by atoms with Gasteiger partial charge in [-0.1, -0.05) is 134 Å². The van der Waals surface area contributed by atoms with Crippen LogP contribution in [-0.4, -0.2) is 12.6 Å². The van der Waals surface area contributed by atoms with Gasteiger partial charge in [-0.05, 0) is 13.3 Å². The maximum Gasteiger partial charge on any atom is 0.330 e. The first-order valence-electron chi connectivity index (χ1n) is 12.3. The average Bonchev–Trinajstić information content (AvgIpc) is 2.70. The predicted octanol–water partition coefficient (Wildman–Crippen LogP) is 8.70. The van der Waals surface area contributed by atoms with E-state index >= 15 is 0 Å². The SMILES string of the molecule is C/C=C/C=C/C(=O)OCCCCCCCCCCCCCCCCCCCC. The highest BCUT2D eigenvalue weighted by Crippen LogP contribution is 2.14. The summed E-state index contributed by atoms with van der Waals surface area (Å²) in [6.45, 7) is 4.76. The van der Waals surface area contributed by atoms with Gasteiger partial charge >= 0.3 is 5.97 Å². The van der Waals surface area contributed by atoms with Crippen LogP contribution < -0.4 is 0 Å².